The van der Waals surface area contributed by atoms with Gasteiger partial charge >= 0.3 is 6.09 Å². The van der Waals surface area contributed by atoms with Crippen molar-refractivity contribution in [3.05, 3.63) is 66.7 Å². The van der Waals surface area contributed by atoms with E-state index in [1.165, 1.54) is 0 Å². The molecule has 4 rings (SSSR count). The second kappa shape index (κ2) is 12.3. The molecule has 1 saturated heterocycles. The summed E-state index contributed by atoms with van der Waals surface area (Å²) >= 11 is 0. The Balaban J connectivity index is 1.36. The van der Waals surface area contributed by atoms with Crippen LogP contribution >= 0.6 is 0 Å². The summed E-state index contributed by atoms with van der Waals surface area (Å²) in [5.41, 5.74) is 3.35. The van der Waals surface area contributed by atoms with E-state index in [4.69, 9.17) is 14.7 Å². The van der Waals surface area contributed by atoms with E-state index in [-0.39, 0.29) is 18.5 Å². The van der Waals surface area contributed by atoms with E-state index in [1.54, 1.807) is 38.9 Å². The minimum atomic E-state index is -0.618. The number of pyridine rings is 1. The molecular weight excluding hydrogens is 506 g/mol. The molecule has 0 bridgehead atoms. The summed E-state index contributed by atoms with van der Waals surface area (Å²) in [4.78, 5) is 44.3. The Morgan fingerprint density at radius 3 is 2.38 bits per heavy atom. The maximum Gasteiger partial charge on any atom is 0.408 e. The maximum absolute atomic E-state index is 12.5. The first-order chi connectivity index (χ1) is 19.0. The molecule has 3 aromatic rings. The number of likely N-dealkylation sites (N-methyl/N-ethyl adjacent to an activating group) is 1. The van der Waals surface area contributed by atoms with Crippen molar-refractivity contribution in [3.8, 4) is 11.1 Å². The molecule has 1 aliphatic rings. The molecule has 3 heterocycles. The van der Waals surface area contributed by atoms with E-state index in [9.17, 15) is 9.59 Å². The number of ether oxygens (including phenoxy) is 1. The highest BCUT2D eigenvalue weighted by atomic mass is 16.6. The molecule has 0 unspecified atom stereocenters. The second-order valence-corrected chi connectivity index (χ2v) is 11.3. The Hall–Kier alpha value is -4.21. The van der Waals surface area contributed by atoms with Gasteiger partial charge in [0.05, 0.1) is 11.9 Å². The van der Waals surface area contributed by atoms with Crippen molar-refractivity contribution in [2.45, 2.75) is 58.8 Å². The highest BCUT2D eigenvalue weighted by Gasteiger charge is 2.30. The van der Waals surface area contributed by atoms with Crippen LogP contribution in [-0.4, -0.2) is 76.2 Å². The van der Waals surface area contributed by atoms with Crippen LogP contribution in [0.25, 0.3) is 11.1 Å². The molecule has 1 N–H and O–H groups in total. The number of aromatic nitrogens is 3. The Bertz CT molecular complexity index is 1290. The van der Waals surface area contributed by atoms with Crippen LogP contribution in [0.15, 0.2) is 61.2 Å². The van der Waals surface area contributed by atoms with Gasteiger partial charge in [0.1, 0.15) is 12.1 Å². The van der Waals surface area contributed by atoms with Gasteiger partial charge in [0.25, 0.3) is 0 Å². The largest absolute Gasteiger partial charge is 0.444 e. The van der Waals surface area contributed by atoms with Crippen LogP contribution in [-0.2, 0) is 16.1 Å². The summed E-state index contributed by atoms with van der Waals surface area (Å²) in [5, 5.41) is 2.51. The van der Waals surface area contributed by atoms with Gasteiger partial charge in [-0.15, -0.1) is 0 Å². The molecule has 0 aliphatic carbocycles. The van der Waals surface area contributed by atoms with Crippen LogP contribution in [0.2, 0.25) is 0 Å². The lowest BCUT2D eigenvalue weighted by Gasteiger charge is -2.45. The van der Waals surface area contributed by atoms with Crippen molar-refractivity contribution in [2.75, 3.05) is 36.5 Å². The molecule has 0 saturated carbocycles. The fraction of sp³-hybridized carbons (Fsp3) is 0.433. The third kappa shape index (κ3) is 7.46. The lowest BCUT2D eigenvalue weighted by atomic mass is 10.1. The third-order valence-electron chi connectivity index (χ3n) is 6.75. The highest BCUT2D eigenvalue weighted by molar-refractivity contribution is 5.82. The Labute approximate surface area is 236 Å². The first-order valence-electron chi connectivity index (χ1n) is 13.6. The molecule has 10 nitrogen and oxygen atoms in total. The smallest absolute Gasteiger partial charge is 0.408 e. The number of carbonyl (C=O) groups is 2. The predicted octanol–water partition coefficient (Wildman–Crippen LogP) is 4.13. The Kier molecular flexibility index (Phi) is 8.86. The molecule has 10 heteroatoms. The van der Waals surface area contributed by atoms with Crippen molar-refractivity contribution in [1.82, 2.24) is 25.2 Å². The summed E-state index contributed by atoms with van der Waals surface area (Å²) in [6.07, 6.45) is 6.80. The average molecular weight is 546 g/mol. The number of benzene rings is 1. The summed E-state index contributed by atoms with van der Waals surface area (Å²) in [5.74, 6) is 0.504. The normalized spacial score (nSPS) is 17.4. The number of nitrogens with one attached hydrogen (secondary N) is 1. The molecule has 40 heavy (non-hydrogen) atoms. The zero-order valence-corrected chi connectivity index (χ0v) is 24.2. The van der Waals surface area contributed by atoms with E-state index >= 15 is 0 Å². The van der Waals surface area contributed by atoms with Gasteiger partial charge in [-0.25, -0.2) is 14.8 Å². The molecule has 1 aromatic carbocycles. The molecule has 2 amide bonds. The van der Waals surface area contributed by atoms with E-state index in [0.717, 1.165) is 35.5 Å². The van der Waals surface area contributed by atoms with Crippen LogP contribution in [0.3, 0.4) is 0 Å². The van der Waals surface area contributed by atoms with Gasteiger partial charge in [-0.1, -0.05) is 18.2 Å². The molecule has 2 aromatic heterocycles. The van der Waals surface area contributed by atoms with Crippen molar-refractivity contribution < 1.29 is 14.3 Å². The van der Waals surface area contributed by atoms with Crippen LogP contribution in [0, 0.1) is 0 Å². The minimum absolute atomic E-state index is 0.131. The zero-order chi connectivity index (χ0) is 28.9. The van der Waals surface area contributed by atoms with E-state index in [2.05, 4.69) is 40.0 Å². The van der Waals surface area contributed by atoms with Gasteiger partial charge in [0.15, 0.2) is 0 Å². The van der Waals surface area contributed by atoms with Crippen molar-refractivity contribution in [2.24, 2.45) is 0 Å². The standard InChI is InChI=1S/C30H39N7O3/c1-21-19-37(22(2)18-36(21)26-11-8-12-31-16-26)28-32-14-25(15-33-28)24-10-7-9-23(13-24)20-35(6)27(38)17-34-29(39)40-30(3,4)5/h7-16,21-22H,17-20H2,1-6H3,(H,34,39)/t21-,22+/m1/s1. The summed E-state index contributed by atoms with van der Waals surface area (Å²) < 4.78 is 5.19. The number of hydrogen-bond acceptors (Lipinski definition) is 8. The molecule has 2 atom stereocenters. The fourth-order valence-corrected chi connectivity index (χ4v) is 4.72. The quantitative estimate of drug-likeness (QED) is 0.473. The molecule has 0 spiro atoms. The molecule has 212 valence electrons. The molecule has 1 fully saturated rings. The van der Waals surface area contributed by atoms with Gasteiger partial charge < -0.3 is 24.8 Å². The number of anilines is 2. The van der Waals surface area contributed by atoms with Crippen LogP contribution < -0.4 is 15.1 Å². The number of amides is 2. The van der Waals surface area contributed by atoms with Gasteiger partial charge in [-0.3, -0.25) is 9.78 Å². The Morgan fingerprint density at radius 2 is 1.70 bits per heavy atom. The number of nitrogens with zero attached hydrogens (tertiary/aromatic N) is 6. The molecular formula is C30H39N7O3. The number of alkyl carbamates (subject to hydrolysis) is 1. The monoisotopic (exact) mass is 545 g/mol. The SMILES string of the molecule is C[C@@H]1CN(c2ncc(-c3cccc(CN(C)C(=O)CNC(=O)OC(C)(C)C)c3)cn2)[C@@H](C)CN1c1cccnc1. The van der Waals surface area contributed by atoms with Gasteiger partial charge in [0, 0.05) is 62.9 Å². The number of hydrogen-bond donors (Lipinski definition) is 1. The second-order valence-electron chi connectivity index (χ2n) is 11.3. The Morgan fingerprint density at radius 1 is 1.00 bits per heavy atom. The minimum Gasteiger partial charge on any atom is -0.444 e. The maximum atomic E-state index is 12.5. The van der Waals surface area contributed by atoms with Crippen molar-refractivity contribution in [3.63, 3.8) is 0 Å². The number of carbonyl (C=O) groups excluding carboxylic acids is 2. The summed E-state index contributed by atoms with van der Waals surface area (Å²) in [7, 11) is 1.71. The highest BCUT2D eigenvalue weighted by Crippen LogP contribution is 2.26. The van der Waals surface area contributed by atoms with Crippen LogP contribution in [0.5, 0.6) is 0 Å². The van der Waals surface area contributed by atoms with Crippen molar-refractivity contribution in [1.29, 1.82) is 0 Å². The lowest BCUT2D eigenvalue weighted by molar-refractivity contribution is -0.129. The third-order valence-corrected chi connectivity index (χ3v) is 6.75. The van der Waals surface area contributed by atoms with E-state index in [0.29, 0.717) is 18.5 Å². The van der Waals surface area contributed by atoms with Crippen LogP contribution in [0.1, 0.15) is 40.2 Å². The van der Waals surface area contributed by atoms with E-state index < -0.39 is 11.7 Å². The fourth-order valence-electron chi connectivity index (χ4n) is 4.72. The molecule has 1 aliphatic heterocycles. The molecule has 0 radical (unpaired) electrons. The number of rotatable bonds is 7. The van der Waals surface area contributed by atoms with Crippen molar-refractivity contribution >= 4 is 23.6 Å². The first-order valence-corrected chi connectivity index (χ1v) is 13.6. The van der Waals surface area contributed by atoms with E-state index in [1.807, 2.05) is 48.9 Å². The van der Waals surface area contributed by atoms with Gasteiger partial charge in [0.2, 0.25) is 11.9 Å². The summed E-state index contributed by atoms with van der Waals surface area (Å²) in [6, 6.07) is 12.6. The first kappa shape index (κ1) is 28.8. The van der Waals surface area contributed by atoms with Gasteiger partial charge in [-0.05, 0) is 63.9 Å². The summed E-state index contributed by atoms with van der Waals surface area (Å²) in [6.45, 7) is 11.7. The zero-order valence-electron chi connectivity index (χ0n) is 24.2. The number of piperazine rings is 1. The van der Waals surface area contributed by atoms with Gasteiger partial charge in [-0.2, -0.15) is 0 Å². The average Bonchev–Trinajstić information content (AvgIpc) is 2.92. The van der Waals surface area contributed by atoms with Crippen LogP contribution in [0.4, 0.5) is 16.4 Å². The lowest BCUT2D eigenvalue weighted by Crippen LogP contribution is -2.57. The predicted molar refractivity (Wildman–Crippen MR) is 156 cm³/mol. The topological polar surface area (TPSA) is 104 Å².